The molecule has 0 saturated carbocycles. The molecule has 6 nitrogen and oxygen atoms in total. The molecule has 0 bridgehead atoms. The Morgan fingerprint density at radius 1 is 0.545 bits per heavy atom. The number of para-hydroxylation sites is 1. The number of fused-ring (bicyclic) bond motifs is 7. The van der Waals surface area contributed by atoms with E-state index in [0.717, 1.165) is 43.6 Å². The zero-order chi connectivity index (χ0) is 29.0. The van der Waals surface area contributed by atoms with Crippen molar-refractivity contribution in [3.05, 3.63) is 134 Å². The number of nitrogens with zero attached hydrogens (tertiary/aromatic N) is 6. The Balaban J connectivity index is 1.31. The van der Waals surface area contributed by atoms with E-state index in [1.165, 1.54) is 20.9 Å². The summed E-state index contributed by atoms with van der Waals surface area (Å²) in [5.74, 6) is 1.91. The van der Waals surface area contributed by atoms with Gasteiger partial charge in [0, 0.05) is 54.8 Å². The maximum atomic E-state index is 4.98. The SMILES string of the molecule is c1ccc(-c2nc(-c3ccccc3)nc(-c3cccc(-n4c5ccccc5c5ccc6sc7ncncc7c6c54)c3)n2)cc1. The standard InChI is InChI=1S/C37H22N6S/c1-3-10-23(11-4-1)34-40-35(24-12-5-2-6-13-24)42-36(41-34)25-14-9-15-26(20-25)43-30-17-8-7-16-27(30)28-18-19-31-32(33(28)43)29-21-38-22-39-37(29)44-31/h1-22H. The zero-order valence-corrected chi connectivity index (χ0v) is 24.1. The molecule has 206 valence electrons. The summed E-state index contributed by atoms with van der Waals surface area (Å²) < 4.78 is 3.54. The predicted molar refractivity (Wildman–Crippen MR) is 179 cm³/mol. The second-order valence-corrected chi connectivity index (χ2v) is 11.7. The van der Waals surface area contributed by atoms with Gasteiger partial charge in [0.2, 0.25) is 0 Å². The third-order valence-corrected chi connectivity index (χ3v) is 9.09. The van der Waals surface area contributed by atoms with Crippen LogP contribution < -0.4 is 0 Å². The summed E-state index contributed by atoms with van der Waals surface area (Å²) in [6.45, 7) is 0. The molecule has 0 atom stereocenters. The first kappa shape index (κ1) is 24.8. The van der Waals surface area contributed by atoms with Crippen LogP contribution in [0.25, 0.3) is 82.0 Å². The number of hydrogen-bond donors (Lipinski definition) is 0. The minimum Gasteiger partial charge on any atom is -0.309 e. The van der Waals surface area contributed by atoms with Crippen molar-refractivity contribution in [2.75, 3.05) is 0 Å². The molecular weight excluding hydrogens is 561 g/mol. The largest absolute Gasteiger partial charge is 0.309 e. The highest BCUT2D eigenvalue weighted by Crippen LogP contribution is 2.42. The number of hydrogen-bond acceptors (Lipinski definition) is 6. The minimum absolute atomic E-state index is 0.625. The molecular formula is C37H22N6S. The van der Waals surface area contributed by atoms with Gasteiger partial charge in [0.15, 0.2) is 17.5 Å². The lowest BCUT2D eigenvalue weighted by Gasteiger charge is -2.12. The maximum absolute atomic E-state index is 4.98. The Kier molecular flexibility index (Phi) is 5.57. The lowest BCUT2D eigenvalue weighted by molar-refractivity contribution is 1.07. The maximum Gasteiger partial charge on any atom is 0.164 e. The highest BCUT2D eigenvalue weighted by molar-refractivity contribution is 7.25. The smallest absolute Gasteiger partial charge is 0.164 e. The van der Waals surface area contributed by atoms with Crippen molar-refractivity contribution in [3.8, 4) is 39.9 Å². The molecule has 4 aromatic heterocycles. The Morgan fingerprint density at radius 2 is 1.20 bits per heavy atom. The van der Waals surface area contributed by atoms with Crippen LogP contribution in [0.2, 0.25) is 0 Å². The second-order valence-electron chi connectivity index (χ2n) is 10.6. The van der Waals surface area contributed by atoms with Crippen molar-refractivity contribution >= 4 is 53.4 Å². The average molecular weight is 583 g/mol. The van der Waals surface area contributed by atoms with Gasteiger partial charge < -0.3 is 4.57 Å². The van der Waals surface area contributed by atoms with Gasteiger partial charge in [-0.25, -0.2) is 24.9 Å². The fraction of sp³-hybridized carbons (Fsp3) is 0. The van der Waals surface area contributed by atoms with E-state index in [2.05, 4.69) is 75.2 Å². The monoisotopic (exact) mass is 582 g/mol. The van der Waals surface area contributed by atoms with Gasteiger partial charge in [-0.1, -0.05) is 97.1 Å². The van der Waals surface area contributed by atoms with Crippen LogP contribution in [0, 0.1) is 0 Å². The van der Waals surface area contributed by atoms with Crippen LogP contribution in [0.1, 0.15) is 0 Å². The van der Waals surface area contributed by atoms with Crippen LogP contribution in [0.3, 0.4) is 0 Å². The molecule has 0 N–H and O–H groups in total. The molecule has 0 saturated heterocycles. The van der Waals surface area contributed by atoms with Crippen LogP contribution in [0.5, 0.6) is 0 Å². The fourth-order valence-electron chi connectivity index (χ4n) is 6.05. The first-order valence-electron chi connectivity index (χ1n) is 14.3. The van der Waals surface area contributed by atoms with E-state index < -0.39 is 0 Å². The Morgan fingerprint density at radius 3 is 1.95 bits per heavy atom. The first-order chi connectivity index (χ1) is 21.8. The number of benzene rings is 5. The lowest BCUT2D eigenvalue weighted by Crippen LogP contribution is -2.01. The summed E-state index contributed by atoms with van der Waals surface area (Å²) in [6, 6.07) is 41.6. The average Bonchev–Trinajstić information content (AvgIpc) is 3.65. The van der Waals surface area contributed by atoms with Gasteiger partial charge in [-0.3, -0.25) is 0 Å². The molecule has 4 heterocycles. The van der Waals surface area contributed by atoms with Crippen molar-refractivity contribution in [1.82, 2.24) is 29.5 Å². The normalized spacial score (nSPS) is 11.6. The van der Waals surface area contributed by atoms with E-state index in [-0.39, 0.29) is 0 Å². The lowest BCUT2D eigenvalue weighted by atomic mass is 10.1. The molecule has 0 radical (unpaired) electrons. The minimum atomic E-state index is 0.625. The Labute approximate surface area is 256 Å². The van der Waals surface area contributed by atoms with Gasteiger partial charge in [0.05, 0.1) is 11.0 Å². The molecule has 7 heteroatoms. The van der Waals surface area contributed by atoms with Gasteiger partial charge >= 0.3 is 0 Å². The molecule has 0 aliphatic heterocycles. The van der Waals surface area contributed by atoms with Crippen molar-refractivity contribution in [2.24, 2.45) is 0 Å². The number of thiophene rings is 1. The predicted octanol–water partition coefficient (Wildman–Crippen LogP) is 9.13. The van der Waals surface area contributed by atoms with Crippen LogP contribution in [-0.2, 0) is 0 Å². The van der Waals surface area contributed by atoms with E-state index in [1.807, 2.05) is 66.9 Å². The molecule has 44 heavy (non-hydrogen) atoms. The summed E-state index contributed by atoms with van der Waals surface area (Å²) in [5, 5.41) is 4.63. The molecule has 0 spiro atoms. The fourth-order valence-corrected chi connectivity index (χ4v) is 7.07. The third-order valence-electron chi connectivity index (χ3n) is 8.01. The van der Waals surface area contributed by atoms with Crippen molar-refractivity contribution in [1.29, 1.82) is 0 Å². The van der Waals surface area contributed by atoms with Crippen LogP contribution in [0.15, 0.2) is 134 Å². The molecule has 0 unspecified atom stereocenters. The van der Waals surface area contributed by atoms with E-state index in [1.54, 1.807) is 17.7 Å². The van der Waals surface area contributed by atoms with Gasteiger partial charge in [0.1, 0.15) is 11.2 Å². The van der Waals surface area contributed by atoms with E-state index in [4.69, 9.17) is 15.0 Å². The summed E-state index contributed by atoms with van der Waals surface area (Å²) in [6.07, 6.45) is 3.55. The summed E-state index contributed by atoms with van der Waals surface area (Å²) in [7, 11) is 0. The molecule has 9 aromatic rings. The van der Waals surface area contributed by atoms with Gasteiger partial charge in [-0.15, -0.1) is 11.3 Å². The van der Waals surface area contributed by atoms with Crippen molar-refractivity contribution in [2.45, 2.75) is 0 Å². The second kappa shape index (κ2) is 9.90. The number of rotatable bonds is 4. The van der Waals surface area contributed by atoms with Gasteiger partial charge in [-0.05, 0) is 24.3 Å². The van der Waals surface area contributed by atoms with Crippen molar-refractivity contribution in [3.63, 3.8) is 0 Å². The van der Waals surface area contributed by atoms with E-state index in [0.29, 0.717) is 17.5 Å². The van der Waals surface area contributed by atoms with Crippen molar-refractivity contribution < 1.29 is 0 Å². The van der Waals surface area contributed by atoms with Gasteiger partial charge in [-0.2, -0.15) is 0 Å². The molecule has 0 aliphatic rings. The Bertz CT molecular complexity index is 2440. The van der Waals surface area contributed by atoms with Crippen LogP contribution in [-0.4, -0.2) is 29.5 Å². The van der Waals surface area contributed by atoms with Gasteiger partial charge in [0.25, 0.3) is 0 Å². The highest BCUT2D eigenvalue weighted by Gasteiger charge is 2.19. The molecule has 5 aromatic carbocycles. The van der Waals surface area contributed by atoms with E-state index >= 15 is 0 Å². The van der Waals surface area contributed by atoms with Crippen LogP contribution >= 0.6 is 11.3 Å². The first-order valence-corrected chi connectivity index (χ1v) is 15.2. The molecule has 0 amide bonds. The third kappa shape index (κ3) is 3.91. The number of aromatic nitrogens is 6. The zero-order valence-electron chi connectivity index (χ0n) is 23.3. The van der Waals surface area contributed by atoms with E-state index in [9.17, 15) is 0 Å². The molecule has 0 aliphatic carbocycles. The van der Waals surface area contributed by atoms with Crippen LogP contribution in [0.4, 0.5) is 0 Å². The molecule has 0 fully saturated rings. The highest BCUT2D eigenvalue weighted by atomic mass is 32.1. The summed E-state index contributed by atoms with van der Waals surface area (Å²) in [4.78, 5) is 24.8. The summed E-state index contributed by atoms with van der Waals surface area (Å²) >= 11 is 1.70. The Hall–Kier alpha value is -5.79. The quantitative estimate of drug-likeness (QED) is 0.207. The summed E-state index contributed by atoms with van der Waals surface area (Å²) in [5.41, 5.74) is 6.11. The molecule has 9 rings (SSSR count). The topological polar surface area (TPSA) is 69.4 Å².